The number of amides is 1. The molecule has 1 aliphatic carbocycles. The molecule has 2 aliphatic rings. The fraction of sp³-hybridized carbons (Fsp3) is 0.550. The quantitative estimate of drug-likeness (QED) is 0.736. The van der Waals surface area contributed by atoms with E-state index in [0.29, 0.717) is 24.8 Å². The molecule has 170 valence electrons. The Hall–Kier alpha value is -2.82. The zero-order valence-corrected chi connectivity index (χ0v) is 17.0. The molecule has 2 aromatic heterocycles. The van der Waals surface area contributed by atoms with Crippen LogP contribution in [0.3, 0.4) is 0 Å². The highest BCUT2D eigenvalue weighted by atomic mass is 19.4. The van der Waals surface area contributed by atoms with E-state index < -0.39 is 12.1 Å². The number of nitrogens with zero attached hydrogens (tertiary/aromatic N) is 3. The van der Waals surface area contributed by atoms with Crippen molar-refractivity contribution < 1.29 is 37.0 Å². The van der Waals surface area contributed by atoms with Crippen molar-refractivity contribution in [2.75, 3.05) is 19.8 Å². The Morgan fingerprint density at radius 1 is 1.32 bits per heavy atom. The number of aliphatic carboxylic acids is 1. The first-order chi connectivity index (χ1) is 14.7. The van der Waals surface area contributed by atoms with Crippen LogP contribution in [0.25, 0.3) is 0 Å². The molecule has 1 fully saturated rings. The maximum absolute atomic E-state index is 12.9. The molecule has 3 heterocycles. The molecular formula is C20H24F3N3O5. The van der Waals surface area contributed by atoms with Gasteiger partial charge in [0.25, 0.3) is 5.91 Å². The second-order valence-corrected chi connectivity index (χ2v) is 7.40. The number of furan rings is 1. The highest BCUT2D eigenvalue weighted by Crippen LogP contribution is 2.33. The highest BCUT2D eigenvalue weighted by Gasteiger charge is 2.38. The first-order valence-corrected chi connectivity index (χ1v) is 9.99. The van der Waals surface area contributed by atoms with Gasteiger partial charge in [0, 0.05) is 19.7 Å². The standard InChI is InChI=1S/C18H23N3O3.C2HF3O2/c1-2-21-17-14(10-19-21)7-8-20(18(22)16-4-3-9-24-16)15(17)12-23-11-13-5-6-13;3-2(4,5)1(6)7/h3-4,9-10,13,15H,2,5-8,11-12H2,1H3;(H,6,7). The predicted molar refractivity (Wildman–Crippen MR) is 101 cm³/mol. The number of carbonyl (C=O) groups is 2. The number of hydrogen-bond donors (Lipinski definition) is 1. The van der Waals surface area contributed by atoms with Crippen molar-refractivity contribution in [1.29, 1.82) is 0 Å². The van der Waals surface area contributed by atoms with Gasteiger partial charge in [0.2, 0.25) is 0 Å². The van der Waals surface area contributed by atoms with E-state index in [9.17, 15) is 18.0 Å². The Morgan fingerprint density at radius 2 is 2.03 bits per heavy atom. The number of aryl methyl sites for hydroxylation is 1. The first kappa shape index (κ1) is 22.9. The molecule has 0 spiro atoms. The lowest BCUT2D eigenvalue weighted by molar-refractivity contribution is -0.192. The maximum Gasteiger partial charge on any atom is 0.490 e. The molecule has 0 bridgehead atoms. The largest absolute Gasteiger partial charge is 0.490 e. The molecule has 1 atom stereocenters. The van der Waals surface area contributed by atoms with Crippen molar-refractivity contribution in [2.45, 2.75) is 44.9 Å². The summed E-state index contributed by atoms with van der Waals surface area (Å²) in [4.78, 5) is 23.6. The molecular weight excluding hydrogens is 419 g/mol. The summed E-state index contributed by atoms with van der Waals surface area (Å²) in [5.74, 6) is -1.74. The third-order valence-electron chi connectivity index (χ3n) is 5.13. The highest BCUT2D eigenvalue weighted by molar-refractivity contribution is 5.92. The van der Waals surface area contributed by atoms with Gasteiger partial charge in [0.05, 0.1) is 30.8 Å². The van der Waals surface area contributed by atoms with Gasteiger partial charge in [-0.2, -0.15) is 18.3 Å². The summed E-state index contributed by atoms with van der Waals surface area (Å²) in [6.45, 7) is 4.83. The second kappa shape index (κ2) is 9.54. The van der Waals surface area contributed by atoms with Crippen LogP contribution in [0.2, 0.25) is 0 Å². The lowest BCUT2D eigenvalue weighted by Gasteiger charge is -2.35. The third-order valence-corrected chi connectivity index (χ3v) is 5.13. The maximum atomic E-state index is 12.9. The van der Waals surface area contributed by atoms with E-state index in [1.165, 1.54) is 24.7 Å². The minimum absolute atomic E-state index is 0.0745. The van der Waals surface area contributed by atoms with E-state index in [-0.39, 0.29) is 11.9 Å². The van der Waals surface area contributed by atoms with Gasteiger partial charge in [0.15, 0.2) is 5.76 Å². The van der Waals surface area contributed by atoms with Crippen molar-refractivity contribution in [1.82, 2.24) is 14.7 Å². The van der Waals surface area contributed by atoms with Crippen LogP contribution < -0.4 is 0 Å². The summed E-state index contributed by atoms with van der Waals surface area (Å²) in [5, 5.41) is 11.6. The lowest BCUT2D eigenvalue weighted by atomic mass is 9.99. The minimum atomic E-state index is -5.08. The molecule has 31 heavy (non-hydrogen) atoms. The zero-order valence-electron chi connectivity index (χ0n) is 17.0. The van der Waals surface area contributed by atoms with Gasteiger partial charge < -0.3 is 19.2 Å². The first-order valence-electron chi connectivity index (χ1n) is 9.99. The van der Waals surface area contributed by atoms with Crippen LogP contribution in [0.1, 0.15) is 47.6 Å². The van der Waals surface area contributed by atoms with E-state index in [0.717, 1.165) is 25.3 Å². The predicted octanol–water partition coefficient (Wildman–Crippen LogP) is 3.30. The van der Waals surface area contributed by atoms with Crippen LogP contribution >= 0.6 is 0 Å². The molecule has 2 aromatic rings. The van der Waals surface area contributed by atoms with E-state index in [4.69, 9.17) is 19.1 Å². The fourth-order valence-electron chi connectivity index (χ4n) is 3.39. The molecule has 1 N–H and O–H groups in total. The third kappa shape index (κ3) is 5.66. The van der Waals surface area contributed by atoms with Crippen LogP contribution in [-0.2, 0) is 22.5 Å². The van der Waals surface area contributed by atoms with Crippen molar-refractivity contribution >= 4 is 11.9 Å². The molecule has 0 aromatic carbocycles. The summed E-state index contributed by atoms with van der Waals surface area (Å²) in [6, 6.07) is 3.36. The van der Waals surface area contributed by atoms with Crippen LogP contribution in [0.15, 0.2) is 29.0 Å². The Morgan fingerprint density at radius 3 is 2.58 bits per heavy atom. The summed E-state index contributed by atoms with van der Waals surface area (Å²) in [6.07, 6.45) is 1.73. The topological polar surface area (TPSA) is 97.8 Å². The number of carboxylic acid groups (broad SMARTS) is 1. The summed E-state index contributed by atoms with van der Waals surface area (Å²) >= 11 is 0. The average Bonchev–Trinajstić information content (AvgIpc) is 3.21. The number of aromatic nitrogens is 2. The van der Waals surface area contributed by atoms with Crippen molar-refractivity contribution in [3.8, 4) is 0 Å². The summed E-state index contributed by atoms with van der Waals surface area (Å²) in [5.41, 5.74) is 2.33. The van der Waals surface area contributed by atoms with Crippen LogP contribution in [0, 0.1) is 5.92 Å². The van der Waals surface area contributed by atoms with Crippen molar-refractivity contribution in [2.24, 2.45) is 5.92 Å². The van der Waals surface area contributed by atoms with E-state index >= 15 is 0 Å². The van der Waals surface area contributed by atoms with Gasteiger partial charge in [-0.3, -0.25) is 9.48 Å². The second-order valence-electron chi connectivity index (χ2n) is 7.40. The molecule has 11 heteroatoms. The van der Waals surface area contributed by atoms with Crippen LogP contribution in [0.5, 0.6) is 0 Å². The Balaban J connectivity index is 0.000000339. The lowest BCUT2D eigenvalue weighted by Crippen LogP contribution is -2.42. The van der Waals surface area contributed by atoms with Gasteiger partial charge in [-0.05, 0) is 49.8 Å². The Labute approximate surface area is 176 Å². The van der Waals surface area contributed by atoms with E-state index in [1.807, 2.05) is 15.8 Å². The zero-order chi connectivity index (χ0) is 22.6. The molecule has 4 rings (SSSR count). The fourth-order valence-corrected chi connectivity index (χ4v) is 3.39. The monoisotopic (exact) mass is 443 g/mol. The normalized spacial score (nSPS) is 18.2. The summed E-state index contributed by atoms with van der Waals surface area (Å²) < 4.78 is 45.0. The van der Waals surface area contributed by atoms with Crippen LogP contribution in [0.4, 0.5) is 13.2 Å². The number of hydrogen-bond acceptors (Lipinski definition) is 5. The summed E-state index contributed by atoms with van der Waals surface area (Å²) in [7, 11) is 0. The van der Waals surface area contributed by atoms with Crippen LogP contribution in [-0.4, -0.2) is 57.6 Å². The molecule has 1 aliphatic heterocycles. The number of halogens is 3. The number of rotatable bonds is 6. The number of carbonyl (C=O) groups excluding carboxylic acids is 1. The van der Waals surface area contributed by atoms with Crippen molar-refractivity contribution in [3.63, 3.8) is 0 Å². The molecule has 1 amide bonds. The van der Waals surface area contributed by atoms with Gasteiger partial charge in [-0.1, -0.05) is 0 Å². The number of ether oxygens (including phenoxy) is 1. The number of carboxylic acids is 1. The molecule has 1 saturated carbocycles. The van der Waals surface area contributed by atoms with Crippen molar-refractivity contribution in [3.05, 3.63) is 41.6 Å². The van der Waals surface area contributed by atoms with E-state index in [1.54, 1.807) is 12.1 Å². The molecule has 8 nitrogen and oxygen atoms in total. The SMILES string of the molecule is CCn1ncc2c1C(COCC1CC1)N(C(=O)c1ccco1)CC2.O=C(O)C(F)(F)F. The Kier molecular flexibility index (Phi) is 7.04. The number of alkyl halides is 3. The van der Waals surface area contributed by atoms with Gasteiger partial charge >= 0.3 is 12.1 Å². The molecule has 0 saturated heterocycles. The molecule has 1 unspecified atom stereocenters. The van der Waals surface area contributed by atoms with Gasteiger partial charge in [-0.15, -0.1) is 0 Å². The average molecular weight is 443 g/mol. The van der Waals surface area contributed by atoms with Gasteiger partial charge in [0.1, 0.15) is 0 Å². The minimum Gasteiger partial charge on any atom is -0.475 e. The Bertz CT molecular complexity index is 877. The van der Waals surface area contributed by atoms with E-state index in [2.05, 4.69) is 12.0 Å². The molecule has 0 radical (unpaired) electrons. The van der Waals surface area contributed by atoms with Gasteiger partial charge in [-0.25, -0.2) is 4.79 Å². The number of fused-ring (bicyclic) bond motifs is 1. The smallest absolute Gasteiger partial charge is 0.475 e.